The Balaban J connectivity index is 1.65. The zero-order chi connectivity index (χ0) is 19.4. The summed E-state index contributed by atoms with van der Waals surface area (Å²) in [6.07, 6.45) is 0. The van der Waals surface area contributed by atoms with Gasteiger partial charge in [0.1, 0.15) is 0 Å². The van der Waals surface area contributed by atoms with Gasteiger partial charge in [0.15, 0.2) is 0 Å². The Bertz CT molecular complexity index is 917. The van der Waals surface area contributed by atoms with Crippen LogP contribution in [0.4, 0.5) is 0 Å². The Labute approximate surface area is 165 Å². The molecule has 0 saturated heterocycles. The maximum atomic E-state index is 12.5. The first kappa shape index (κ1) is 19.2. The number of hydrogen-bond acceptors (Lipinski definition) is 3. The highest BCUT2D eigenvalue weighted by molar-refractivity contribution is 8.00. The summed E-state index contributed by atoms with van der Waals surface area (Å²) in [6.45, 7) is 8.51. The van der Waals surface area contributed by atoms with E-state index in [-0.39, 0.29) is 11.2 Å². The van der Waals surface area contributed by atoms with Gasteiger partial charge in [0.2, 0.25) is 5.91 Å². The Morgan fingerprint density at radius 3 is 2.41 bits per heavy atom. The highest BCUT2D eigenvalue weighted by Gasteiger charge is 2.17. The molecule has 4 nitrogen and oxygen atoms in total. The molecular weight excluding hydrogens is 354 g/mol. The minimum Gasteiger partial charge on any atom is -0.351 e. The lowest BCUT2D eigenvalue weighted by Crippen LogP contribution is -2.30. The molecule has 3 aromatic rings. The highest BCUT2D eigenvalue weighted by Crippen LogP contribution is 2.24. The molecule has 1 heterocycles. The van der Waals surface area contributed by atoms with Crippen LogP contribution in [-0.2, 0) is 11.3 Å². The third-order valence-corrected chi connectivity index (χ3v) is 5.70. The zero-order valence-electron chi connectivity index (χ0n) is 16.2. The van der Waals surface area contributed by atoms with Crippen molar-refractivity contribution in [1.82, 2.24) is 15.1 Å². The second kappa shape index (κ2) is 8.44. The lowest BCUT2D eigenvalue weighted by molar-refractivity contribution is -0.120. The minimum absolute atomic E-state index is 0.0341. The smallest absolute Gasteiger partial charge is 0.233 e. The average molecular weight is 380 g/mol. The normalized spacial score (nSPS) is 12.0. The molecule has 0 radical (unpaired) electrons. The topological polar surface area (TPSA) is 46.9 Å². The fourth-order valence-corrected chi connectivity index (χ4v) is 3.84. The summed E-state index contributed by atoms with van der Waals surface area (Å²) in [5.74, 6) is 0.0341. The van der Waals surface area contributed by atoms with Crippen LogP contribution < -0.4 is 5.32 Å². The summed E-state index contributed by atoms with van der Waals surface area (Å²) in [5.41, 5.74) is 5.31. The van der Waals surface area contributed by atoms with Crippen molar-refractivity contribution in [3.8, 4) is 5.69 Å². The van der Waals surface area contributed by atoms with E-state index in [1.165, 1.54) is 5.56 Å². The Hall–Kier alpha value is -2.53. The van der Waals surface area contributed by atoms with Crippen LogP contribution in [0, 0.1) is 20.8 Å². The quantitative estimate of drug-likeness (QED) is 0.637. The lowest BCUT2D eigenvalue weighted by Gasteiger charge is -2.12. The van der Waals surface area contributed by atoms with Gasteiger partial charge in [-0.2, -0.15) is 5.10 Å². The number of amides is 1. The molecule has 2 aromatic carbocycles. The molecule has 0 saturated carbocycles. The van der Waals surface area contributed by atoms with Crippen molar-refractivity contribution < 1.29 is 4.79 Å². The average Bonchev–Trinajstić information content (AvgIpc) is 2.96. The van der Waals surface area contributed by atoms with Crippen LogP contribution in [0.1, 0.15) is 29.4 Å². The van der Waals surface area contributed by atoms with E-state index in [1.807, 2.05) is 55.8 Å². The van der Waals surface area contributed by atoms with E-state index in [0.717, 1.165) is 27.5 Å². The summed E-state index contributed by atoms with van der Waals surface area (Å²) >= 11 is 1.57. The van der Waals surface area contributed by atoms with Gasteiger partial charge in [-0.3, -0.25) is 4.79 Å². The summed E-state index contributed by atoms with van der Waals surface area (Å²) in [4.78, 5) is 13.6. The van der Waals surface area contributed by atoms with Gasteiger partial charge in [0.05, 0.1) is 16.6 Å². The van der Waals surface area contributed by atoms with Gasteiger partial charge in [-0.25, -0.2) is 4.68 Å². The van der Waals surface area contributed by atoms with Crippen molar-refractivity contribution in [2.75, 3.05) is 0 Å². The minimum atomic E-state index is -0.155. The van der Waals surface area contributed by atoms with Crippen molar-refractivity contribution in [3.05, 3.63) is 77.1 Å². The van der Waals surface area contributed by atoms with Gasteiger partial charge in [-0.1, -0.05) is 35.9 Å². The van der Waals surface area contributed by atoms with Gasteiger partial charge in [-0.15, -0.1) is 11.8 Å². The van der Waals surface area contributed by atoms with E-state index in [9.17, 15) is 4.79 Å². The van der Waals surface area contributed by atoms with Crippen molar-refractivity contribution in [1.29, 1.82) is 0 Å². The number of para-hydroxylation sites is 1. The third kappa shape index (κ3) is 4.61. The number of aromatic nitrogens is 2. The molecule has 0 aliphatic carbocycles. The molecule has 0 aliphatic heterocycles. The van der Waals surface area contributed by atoms with Gasteiger partial charge in [0, 0.05) is 22.7 Å². The predicted molar refractivity (Wildman–Crippen MR) is 111 cm³/mol. The van der Waals surface area contributed by atoms with Crippen molar-refractivity contribution >= 4 is 17.7 Å². The second-order valence-electron chi connectivity index (χ2n) is 6.69. The number of hydrogen-bond donors (Lipinski definition) is 1. The van der Waals surface area contributed by atoms with E-state index in [4.69, 9.17) is 0 Å². The van der Waals surface area contributed by atoms with E-state index in [2.05, 4.69) is 41.6 Å². The van der Waals surface area contributed by atoms with Crippen LogP contribution in [0.2, 0.25) is 0 Å². The molecule has 0 bridgehead atoms. The zero-order valence-corrected chi connectivity index (χ0v) is 17.0. The van der Waals surface area contributed by atoms with Crippen molar-refractivity contribution in [3.63, 3.8) is 0 Å². The highest BCUT2D eigenvalue weighted by atomic mass is 32.2. The van der Waals surface area contributed by atoms with Crippen molar-refractivity contribution in [2.45, 2.75) is 44.4 Å². The molecule has 0 unspecified atom stereocenters. The lowest BCUT2D eigenvalue weighted by atomic mass is 10.2. The number of carbonyl (C=O) groups excluding carboxylic acids is 1. The van der Waals surface area contributed by atoms with E-state index >= 15 is 0 Å². The van der Waals surface area contributed by atoms with E-state index in [1.54, 1.807) is 11.8 Å². The fraction of sp³-hybridized carbons (Fsp3) is 0.273. The molecule has 3 rings (SSSR count). The number of thioether (sulfide) groups is 1. The summed E-state index contributed by atoms with van der Waals surface area (Å²) in [6, 6.07) is 18.3. The number of aryl methyl sites for hydroxylation is 2. The Morgan fingerprint density at radius 2 is 1.74 bits per heavy atom. The first-order valence-electron chi connectivity index (χ1n) is 9.07. The van der Waals surface area contributed by atoms with Gasteiger partial charge in [-0.05, 0) is 52.0 Å². The number of rotatable bonds is 6. The van der Waals surface area contributed by atoms with Crippen molar-refractivity contribution in [2.24, 2.45) is 0 Å². The molecule has 27 heavy (non-hydrogen) atoms. The number of nitrogens with zero attached hydrogens (tertiary/aromatic N) is 2. The molecular formula is C22H25N3OS. The molecule has 0 aliphatic rings. The van der Waals surface area contributed by atoms with Crippen LogP contribution in [0.25, 0.3) is 5.69 Å². The van der Waals surface area contributed by atoms with Crippen LogP contribution in [0.3, 0.4) is 0 Å². The second-order valence-corrected chi connectivity index (χ2v) is 8.10. The molecule has 0 fully saturated rings. The predicted octanol–water partition coefficient (Wildman–Crippen LogP) is 4.59. The van der Waals surface area contributed by atoms with E-state index < -0.39 is 0 Å². The Kier molecular flexibility index (Phi) is 6.01. The van der Waals surface area contributed by atoms with Gasteiger partial charge in [0.25, 0.3) is 0 Å². The largest absolute Gasteiger partial charge is 0.351 e. The molecule has 1 atom stereocenters. The van der Waals surface area contributed by atoms with Crippen LogP contribution in [-0.4, -0.2) is 20.9 Å². The number of carbonyl (C=O) groups is 1. The Morgan fingerprint density at radius 1 is 1.07 bits per heavy atom. The van der Waals surface area contributed by atoms with Gasteiger partial charge >= 0.3 is 0 Å². The SMILES string of the molecule is Cc1ccc(S[C@@H](C)C(=O)NCc2c(C)nn(-c3ccccc3)c2C)cc1. The molecule has 1 aromatic heterocycles. The number of nitrogens with one attached hydrogen (secondary N) is 1. The first-order chi connectivity index (χ1) is 13.0. The van der Waals surface area contributed by atoms with Crippen LogP contribution in [0.5, 0.6) is 0 Å². The summed E-state index contributed by atoms with van der Waals surface area (Å²) in [7, 11) is 0. The molecule has 5 heteroatoms. The maximum absolute atomic E-state index is 12.5. The molecule has 140 valence electrons. The molecule has 0 spiro atoms. The van der Waals surface area contributed by atoms with Gasteiger partial charge < -0.3 is 5.32 Å². The standard InChI is InChI=1S/C22H25N3OS/c1-15-10-12-20(13-11-15)27-18(4)22(26)23-14-21-16(2)24-25(17(21)3)19-8-6-5-7-9-19/h5-13,18H,14H2,1-4H3,(H,23,26)/t18-/m0/s1. The van der Waals surface area contributed by atoms with Crippen LogP contribution >= 0.6 is 11.8 Å². The molecule has 1 amide bonds. The first-order valence-corrected chi connectivity index (χ1v) is 9.95. The monoisotopic (exact) mass is 379 g/mol. The van der Waals surface area contributed by atoms with E-state index in [0.29, 0.717) is 6.54 Å². The third-order valence-electron chi connectivity index (χ3n) is 4.58. The summed E-state index contributed by atoms with van der Waals surface area (Å²) in [5, 5.41) is 7.55. The summed E-state index contributed by atoms with van der Waals surface area (Å²) < 4.78 is 1.93. The number of benzene rings is 2. The molecule has 1 N–H and O–H groups in total. The maximum Gasteiger partial charge on any atom is 0.233 e. The van der Waals surface area contributed by atoms with Crippen LogP contribution in [0.15, 0.2) is 59.5 Å². The fourth-order valence-electron chi connectivity index (χ4n) is 2.95.